The van der Waals surface area contributed by atoms with Crippen molar-refractivity contribution in [1.29, 1.82) is 5.26 Å². The van der Waals surface area contributed by atoms with E-state index in [0.29, 0.717) is 39.5 Å². The molecule has 0 unspecified atom stereocenters. The van der Waals surface area contributed by atoms with E-state index in [-0.39, 0.29) is 18.0 Å². The van der Waals surface area contributed by atoms with Crippen LogP contribution in [-0.2, 0) is 18.9 Å². The molecule has 0 radical (unpaired) electrons. The average Bonchev–Trinajstić information content (AvgIpc) is 2.61. The van der Waals surface area contributed by atoms with Crippen molar-refractivity contribution in [2.75, 3.05) is 39.5 Å². The summed E-state index contributed by atoms with van der Waals surface area (Å²) in [6, 6.07) is 1.69. The van der Waals surface area contributed by atoms with Gasteiger partial charge in [-0.1, -0.05) is 6.58 Å². The Kier molecular flexibility index (Phi) is 10.0. The molecule has 0 aliphatic carbocycles. The third-order valence-electron chi connectivity index (χ3n) is 3.68. The number of ether oxygens (including phenoxy) is 4. The Hall–Kier alpha value is -1.01. The van der Waals surface area contributed by atoms with E-state index in [1.807, 2.05) is 0 Å². The molecular weight excluding hydrogens is 298 g/mol. The zero-order chi connectivity index (χ0) is 17.0. The first-order valence-electron chi connectivity index (χ1n) is 8.07. The minimum Gasteiger partial charge on any atom is -0.352 e. The Morgan fingerprint density at radius 1 is 0.957 bits per heavy atom. The molecule has 0 saturated carbocycles. The maximum absolute atomic E-state index is 7.51. The third kappa shape index (κ3) is 7.40. The second-order valence-corrected chi connectivity index (χ2v) is 5.80. The first kappa shape index (κ1) is 20.0. The lowest BCUT2D eigenvalue weighted by Crippen LogP contribution is -2.52. The molecule has 7 heteroatoms. The van der Waals surface area contributed by atoms with Gasteiger partial charge in [0.15, 0.2) is 12.6 Å². The predicted octanol–water partition coefficient (Wildman–Crippen LogP) is 0.892. The van der Waals surface area contributed by atoms with Crippen molar-refractivity contribution in [2.45, 2.75) is 38.3 Å². The number of hydrogen-bond donors (Lipinski definition) is 2. The standard InChI is InChI=1S/C13H26N2O4.C3H3N/c14-5-1-3-11-16-7-13(8-17-11)9-18-12(19-10-13)4-2-6-15;1-2-3-4/h11-12H,1-10,14-15H2;2H,1H2. The molecule has 0 bridgehead atoms. The first-order chi connectivity index (χ1) is 11.2. The van der Waals surface area contributed by atoms with Gasteiger partial charge in [-0.2, -0.15) is 5.26 Å². The van der Waals surface area contributed by atoms with Gasteiger partial charge in [0.05, 0.1) is 37.9 Å². The van der Waals surface area contributed by atoms with Gasteiger partial charge >= 0.3 is 0 Å². The van der Waals surface area contributed by atoms with Crippen molar-refractivity contribution in [3.05, 3.63) is 12.7 Å². The fourth-order valence-electron chi connectivity index (χ4n) is 2.33. The molecule has 2 rings (SSSR count). The number of nitriles is 1. The molecule has 132 valence electrons. The zero-order valence-corrected chi connectivity index (χ0v) is 13.7. The quantitative estimate of drug-likeness (QED) is 0.697. The van der Waals surface area contributed by atoms with E-state index in [1.165, 1.54) is 6.08 Å². The number of hydrogen-bond acceptors (Lipinski definition) is 7. The van der Waals surface area contributed by atoms with Gasteiger partial charge in [0.2, 0.25) is 0 Å². The average molecular weight is 327 g/mol. The Morgan fingerprint density at radius 3 is 1.57 bits per heavy atom. The number of allylic oxidation sites excluding steroid dienone is 1. The Bertz CT molecular complexity index is 327. The molecule has 7 nitrogen and oxygen atoms in total. The number of nitrogens with two attached hydrogens (primary N) is 2. The molecule has 2 saturated heterocycles. The lowest BCUT2D eigenvalue weighted by atomic mass is 9.90. The largest absolute Gasteiger partial charge is 0.352 e. The van der Waals surface area contributed by atoms with Crippen LogP contribution in [0.25, 0.3) is 0 Å². The highest BCUT2D eigenvalue weighted by Crippen LogP contribution is 2.31. The molecule has 0 aromatic carbocycles. The number of rotatable bonds is 6. The summed E-state index contributed by atoms with van der Waals surface area (Å²) in [5.74, 6) is 0. The van der Waals surface area contributed by atoms with E-state index in [1.54, 1.807) is 6.07 Å². The molecule has 23 heavy (non-hydrogen) atoms. The topological polar surface area (TPSA) is 113 Å². The molecule has 1 spiro atoms. The summed E-state index contributed by atoms with van der Waals surface area (Å²) in [7, 11) is 0. The van der Waals surface area contributed by atoms with Crippen LogP contribution in [0.15, 0.2) is 12.7 Å². The summed E-state index contributed by atoms with van der Waals surface area (Å²) in [4.78, 5) is 0. The summed E-state index contributed by atoms with van der Waals surface area (Å²) in [5.41, 5.74) is 10.8. The van der Waals surface area contributed by atoms with Crippen LogP contribution in [-0.4, -0.2) is 52.1 Å². The summed E-state index contributed by atoms with van der Waals surface area (Å²) in [6.07, 6.45) is 4.49. The van der Waals surface area contributed by atoms with Crippen molar-refractivity contribution < 1.29 is 18.9 Å². The van der Waals surface area contributed by atoms with Gasteiger partial charge in [0.1, 0.15) is 0 Å². The van der Waals surface area contributed by atoms with Crippen LogP contribution in [0.5, 0.6) is 0 Å². The van der Waals surface area contributed by atoms with Gasteiger partial charge in [-0.3, -0.25) is 0 Å². The maximum atomic E-state index is 7.51. The van der Waals surface area contributed by atoms with E-state index >= 15 is 0 Å². The fraction of sp³-hybridized carbons (Fsp3) is 0.812. The van der Waals surface area contributed by atoms with Crippen LogP contribution < -0.4 is 11.5 Å². The van der Waals surface area contributed by atoms with E-state index < -0.39 is 0 Å². The smallest absolute Gasteiger partial charge is 0.157 e. The van der Waals surface area contributed by atoms with Gasteiger partial charge in [-0.05, 0) is 38.8 Å². The molecule has 2 heterocycles. The van der Waals surface area contributed by atoms with Gasteiger partial charge in [-0.15, -0.1) is 0 Å². The Morgan fingerprint density at radius 2 is 1.30 bits per heavy atom. The van der Waals surface area contributed by atoms with Gasteiger partial charge in [0, 0.05) is 6.08 Å². The fourth-order valence-corrected chi connectivity index (χ4v) is 2.33. The minimum absolute atomic E-state index is 0.121. The summed E-state index contributed by atoms with van der Waals surface area (Å²) >= 11 is 0. The van der Waals surface area contributed by atoms with Crippen LogP contribution in [0.2, 0.25) is 0 Å². The summed E-state index contributed by atoms with van der Waals surface area (Å²) < 4.78 is 22.9. The number of nitrogens with zero attached hydrogens (tertiary/aromatic N) is 1. The summed E-state index contributed by atoms with van der Waals surface area (Å²) in [6.45, 7) is 6.98. The highest BCUT2D eigenvalue weighted by atomic mass is 16.7. The van der Waals surface area contributed by atoms with Crippen LogP contribution in [0, 0.1) is 16.7 Å². The second-order valence-electron chi connectivity index (χ2n) is 5.80. The second kappa shape index (κ2) is 11.5. The SMILES string of the molecule is C=CC#N.NCCCC1OCC2(CO1)COC(CCCN)OC2. The highest BCUT2D eigenvalue weighted by molar-refractivity contribution is 4.93. The van der Waals surface area contributed by atoms with Crippen LogP contribution >= 0.6 is 0 Å². The maximum Gasteiger partial charge on any atom is 0.157 e. The van der Waals surface area contributed by atoms with Crippen molar-refractivity contribution >= 4 is 0 Å². The first-order valence-corrected chi connectivity index (χ1v) is 8.07. The molecule has 2 aliphatic rings. The van der Waals surface area contributed by atoms with Crippen LogP contribution in [0.3, 0.4) is 0 Å². The zero-order valence-electron chi connectivity index (χ0n) is 13.7. The van der Waals surface area contributed by atoms with Gasteiger partial charge in [0.25, 0.3) is 0 Å². The van der Waals surface area contributed by atoms with Crippen LogP contribution in [0.1, 0.15) is 25.7 Å². The normalized spacial score (nSPS) is 30.1. The van der Waals surface area contributed by atoms with Crippen molar-refractivity contribution in [3.63, 3.8) is 0 Å². The monoisotopic (exact) mass is 327 g/mol. The molecule has 0 atom stereocenters. The van der Waals surface area contributed by atoms with E-state index in [9.17, 15) is 0 Å². The lowest BCUT2D eigenvalue weighted by Gasteiger charge is -2.43. The van der Waals surface area contributed by atoms with Crippen molar-refractivity contribution in [2.24, 2.45) is 16.9 Å². The molecule has 0 aromatic heterocycles. The minimum atomic E-state index is -0.140. The molecule has 2 aliphatic heterocycles. The molecule has 0 amide bonds. The van der Waals surface area contributed by atoms with E-state index in [4.69, 9.17) is 35.7 Å². The van der Waals surface area contributed by atoms with Gasteiger partial charge < -0.3 is 30.4 Å². The van der Waals surface area contributed by atoms with E-state index in [0.717, 1.165) is 25.7 Å². The predicted molar refractivity (Wildman–Crippen MR) is 86.2 cm³/mol. The molecule has 0 aromatic rings. The van der Waals surface area contributed by atoms with E-state index in [2.05, 4.69) is 6.58 Å². The van der Waals surface area contributed by atoms with Crippen LogP contribution in [0.4, 0.5) is 0 Å². The van der Waals surface area contributed by atoms with Crippen molar-refractivity contribution in [1.82, 2.24) is 0 Å². The Labute approximate surface area is 138 Å². The molecular formula is C16H29N3O4. The summed E-state index contributed by atoms with van der Waals surface area (Å²) in [5, 5.41) is 7.51. The Balaban J connectivity index is 0.000000593. The molecule has 4 N–H and O–H groups in total. The highest BCUT2D eigenvalue weighted by Gasteiger charge is 2.41. The van der Waals surface area contributed by atoms with Crippen molar-refractivity contribution in [3.8, 4) is 6.07 Å². The van der Waals surface area contributed by atoms with Gasteiger partial charge in [-0.25, -0.2) is 0 Å². The molecule has 2 fully saturated rings. The third-order valence-corrected chi connectivity index (χ3v) is 3.68. The lowest BCUT2D eigenvalue weighted by molar-refractivity contribution is -0.304.